The number of carbonyl (C=O) groups excluding carboxylic acids is 2. The number of thioether (sulfide) groups is 1. The number of aryl methyl sites for hydroxylation is 2. The van der Waals surface area contributed by atoms with Crippen molar-refractivity contribution in [3.05, 3.63) is 82.0 Å². The Hall–Kier alpha value is -3.16. The first-order valence-corrected chi connectivity index (χ1v) is 12.3. The number of anilines is 1. The molecule has 0 aliphatic carbocycles. The summed E-state index contributed by atoms with van der Waals surface area (Å²) in [6.07, 6.45) is 3.54. The first-order chi connectivity index (χ1) is 16.4. The second kappa shape index (κ2) is 10.4. The molecule has 2 heterocycles. The molecule has 1 aliphatic rings. The number of benzene rings is 2. The van der Waals surface area contributed by atoms with Gasteiger partial charge in [0.15, 0.2) is 4.32 Å². The lowest BCUT2D eigenvalue weighted by atomic mass is 10.1. The lowest BCUT2D eigenvalue weighted by Gasteiger charge is -2.17. The molecule has 5 nitrogen and oxygen atoms in total. The van der Waals surface area contributed by atoms with Gasteiger partial charge in [-0.3, -0.25) is 9.69 Å². The van der Waals surface area contributed by atoms with Crippen molar-refractivity contribution in [3.8, 4) is 11.3 Å². The molecule has 34 heavy (non-hydrogen) atoms. The van der Waals surface area contributed by atoms with E-state index in [4.69, 9.17) is 21.4 Å². The third-order valence-corrected chi connectivity index (χ3v) is 6.73. The second-order valence-corrected chi connectivity index (χ2v) is 9.75. The van der Waals surface area contributed by atoms with E-state index in [-0.39, 0.29) is 11.9 Å². The van der Waals surface area contributed by atoms with Crippen LogP contribution in [0.5, 0.6) is 0 Å². The molecule has 3 aromatic rings. The van der Waals surface area contributed by atoms with Gasteiger partial charge < -0.3 is 9.15 Å². The molecule has 0 saturated carbocycles. The van der Waals surface area contributed by atoms with E-state index in [1.54, 1.807) is 23.1 Å². The van der Waals surface area contributed by atoms with Gasteiger partial charge >= 0.3 is 5.97 Å². The van der Waals surface area contributed by atoms with Gasteiger partial charge in [-0.2, -0.15) is 0 Å². The maximum Gasteiger partial charge on any atom is 0.338 e. The molecule has 1 fully saturated rings. The summed E-state index contributed by atoms with van der Waals surface area (Å²) in [7, 11) is 0. The molecule has 1 amide bonds. The molecule has 1 aliphatic heterocycles. The Kier molecular flexibility index (Phi) is 7.34. The fourth-order valence-corrected chi connectivity index (χ4v) is 4.87. The number of unbranched alkanes of at least 4 members (excludes halogenated alkanes) is 1. The van der Waals surface area contributed by atoms with Gasteiger partial charge in [0.2, 0.25) is 0 Å². The third kappa shape index (κ3) is 5.16. The van der Waals surface area contributed by atoms with Crippen LogP contribution in [0.3, 0.4) is 0 Å². The number of carbonyl (C=O) groups is 2. The summed E-state index contributed by atoms with van der Waals surface area (Å²) in [5.74, 6) is 0.706. The molecular weight excluding hydrogens is 466 g/mol. The summed E-state index contributed by atoms with van der Waals surface area (Å²) in [4.78, 5) is 27.3. The van der Waals surface area contributed by atoms with E-state index in [2.05, 4.69) is 0 Å². The maximum absolute atomic E-state index is 13.1. The zero-order chi connectivity index (χ0) is 24.2. The van der Waals surface area contributed by atoms with Gasteiger partial charge in [0, 0.05) is 11.6 Å². The van der Waals surface area contributed by atoms with E-state index in [0.29, 0.717) is 32.9 Å². The number of rotatable bonds is 7. The van der Waals surface area contributed by atoms with Crippen molar-refractivity contribution in [3.63, 3.8) is 0 Å². The van der Waals surface area contributed by atoms with Crippen LogP contribution in [0.4, 0.5) is 5.69 Å². The molecule has 0 spiro atoms. The molecule has 0 atom stereocenters. The van der Waals surface area contributed by atoms with Gasteiger partial charge in [0.1, 0.15) is 11.5 Å². The topological polar surface area (TPSA) is 59.8 Å². The SMILES string of the molecule is CCCCOC(=O)c1ccc(-c2ccc(/C=C3\SC(=S)N(c4ccc(C)cc4C)C3=O)o2)cc1. The molecule has 0 bridgehead atoms. The fourth-order valence-electron chi connectivity index (χ4n) is 3.61. The Bertz CT molecular complexity index is 1270. The molecule has 0 radical (unpaired) electrons. The Balaban J connectivity index is 1.49. The highest BCUT2D eigenvalue weighted by Crippen LogP contribution is 2.38. The monoisotopic (exact) mass is 491 g/mol. The van der Waals surface area contributed by atoms with Gasteiger partial charge in [-0.1, -0.05) is 67.2 Å². The van der Waals surface area contributed by atoms with Crippen molar-refractivity contribution in [2.45, 2.75) is 33.6 Å². The molecule has 174 valence electrons. The zero-order valence-electron chi connectivity index (χ0n) is 19.3. The van der Waals surface area contributed by atoms with Gasteiger partial charge in [0.05, 0.1) is 22.8 Å². The van der Waals surface area contributed by atoms with Crippen molar-refractivity contribution in [2.24, 2.45) is 0 Å². The molecule has 2 aromatic carbocycles. The van der Waals surface area contributed by atoms with E-state index >= 15 is 0 Å². The van der Waals surface area contributed by atoms with Crippen molar-refractivity contribution in [1.82, 2.24) is 0 Å². The van der Waals surface area contributed by atoms with Crippen LogP contribution in [0.15, 0.2) is 63.9 Å². The van der Waals surface area contributed by atoms with Crippen molar-refractivity contribution >= 4 is 51.9 Å². The summed E-state index contributed by atoms with van der Waals surface area (Å²) in [6.45, 7) is 6.46. The van der Waals surface area contributed by atoms with Crippen LogP contribution in [0.25, 0.3) is 17.4 Å². The number of thiocarbonyl (C=S) groups is 1. The Morgan fingerprint density at radius 2 is 1.88 bits per heavy atom. The van der Waals surface area contributed by atoms with Crippen LogP contribution in [0, 0.1) is 13.8 Å². The fraction of sp³-hybridized carbons (Fsp3) is 0.222. The highest BCUT2D eigenvalue weighted by molar-refractivity contribution is 8.27. The van der Waals surface area contributed by atoms with Gasteiger partial charge in [0.25, 0.3) is 5.91 Å². The predicted molar refractivity (Wildman–Crippen MR) is 141 cm³/mol. The predicted octanol–water partition coefficient (Wildman–Crippen LogP) is 6.93. The minimum absolute atomic E-state index is 0.161. The van der Waals surface area contributed by atoms with E-state index in [9.17, 15) is 9.59 Å². The Morgan fingerprint density at radius 1 is 1.12 bits per heavy atom. The minimum Gasteiger partial charge on any atom is -0.462 e. The second-order valence-electron chi connectivity index (χ2n) is 8.08. The smallest absolute Gasteiger partial charge is 0.338 e. The summed E-state index contributed by atoms with van der Waals surface area (Å²) in [6, 6.07) is 16.7. The number of hydrogen-bond acceptors (Lipinski definition) is 6. The lowest BCUT2D eigenvalue weighted by molar-refractivity contribution is -0.113. The minimum atomic E-state index is -0.328. The quantitative estimate of drug-likeness (QED) is 0.155. The number of amides is 1. The van der Waals surface area contributed by atoms with Crippen molar-refractivity contribution in [2.75, 3.05) is 11.5 Å². The zero-order valence-corrected chi connectivity index (χ0v) is 20.9. The first-order valence-electron chi connectivity index (χ1n) is 11.1. The van der Waals surface area contributed by atoms with E-state index < -0.39 is 0 Å². The summed E-state index contributed by atoms with van der Waals surface area (Å²) >= 11 is 6.75. The van der Waals surface area contributed by atoms with Crippen molar-refractivity contribution < 1.29 is 18.7 Å². The molecular formula is C27H25NO4S2. The van der Waals surface area contributed by atoms with Crippen LogP contribution in [0.1, 0.15) is 47.0 Å². The summed E-state index contributed by atoms with van der Waals surface area (Å²) < 4.78 is 11.7. The highest BCUT2D eigenvalue weighted by atomic mass is 32.2. The molecule has 1 aromatic heterocycles. The van der Waals surface area contributed by atoms with Crippen LogP contribution in [-0.2, 0) is 9.53 Å². The molecule has 7 heteroatoms. The average Bonchev–Trinajstić information content (AvgIpc) is 3.39. The van der Waals surface area contributed by atoms with E-state index in [1.807, 2.05) is 63.2 Å². The summed E-state index contributed by atoms with van der Waals surface area (Å²) in [5, 5.41) is 0. The van der Waals surface area contributed by atoms with Crippen molar-refractivity contribution in [1.29, 1.82) is 0 Å². The molecule has 1 saturated heterocycles. The lowest BCUT2D eigenvalue weighted by Crippen LogP contribution is -2.28. The highest BCUT2D eigenvalue weighted by Gasteiger charge is 2.34. The number of furan rings is 1. The standard InChI is InChI=1S/C27H25NO4S2/c1-4-5-14-31-26(30)20-9-7-19(8-10-20)23-13-11-21(32-23)16-24-25(29)28(27(33)34-24)22-12-6-17(2)15-18(22)3/h6-13,15-16H,4-5,14H2,1-3H3/b24-16-. The van der Waals surface area contributed by atoms with Crippen LogP contribution < -0.4 is 4.90 Å². The van der Waals surface area contributed by atoms with E-state index in [0.717, 1.165) is 35.2 Å². The molecule has 0 N–H and O–H groups in total. The number of ether oxygens (including phenoxy) is 1. The number of esters is 1. The summed E-state index contributed by atoms with van der Waals surface area (Å²) in [5.41, 5.74) is 4.25. The first kappa shape index (κ1) is 24.0. The van der Waals surface area contributed by atoms with Crippen LogP contribution in [-0.4, -0.2) is 22.8 Å². The van der Waals surface area contributed by atoms with Gasteiger partial charge in [-0.05, 0) is 56.2 Å². The van der Waals surface area contributed by atoms with Crippen LogP contribution in [0.2, 0.25) is 0 Å². The van der Waals surface area contributed by atoms with Gasteiger partial charge in [-0.15, -0.1) is 0 Å². The maximum atomic E-state index is 13.1. The van der Waals surface area contributed by atoms with Crippen LogP contribution >= 0.6 is 24.0 Å². The largest absolute Gasteiger partial charge is 0.462 e. The average molecular weight is 492 g/mol. The third-order valence-electron chi connectivity index (χ3n) is 5.42. The molecule has 0 unspecified atom stereocenters. The molecule has 4 rings (SSSR count). The normalized spacial score (nSPS) is 14.8. The van der Waals surface area contributed by atoms with E-state index in [1.165, 1.54) is 11.8 Å². The Labute approximate surface area is 208 Å². The number of hydrogen-bond donors (Lipinski definition) is 0. The Morgan fingerprint density at radius 3 is 2.59 bits per heavy atom. The number of nitrogens with zero attached hydrogens (tertiary/aromatic N) is 1. The van der Waals surface area contributed by atoms with Gasteiger partial charge in [-0.25, -0.2) is 4.79 Å².